The van der Waals surface area contributed by atoms with Crippen LogP contribution >= 0.6 is 0 Å². The molecule has 1 aliphatic rings. The number of hydrogen-bond donors (Lipinski definition) is 0. The first-order valence-electron chi connectivity index (χ1n) is 5.39. The minimum Gasteiger partial charge on any atom is -0.299 e. The van der Waals surface area contributed by atoms with E-state index in [1.807, 2.05) is 13.0 Å². The molecule has 0 aliphatic heterocycles. The molecule has 1 atom stereocenters. The molecule has 1 rings (SSSR count). The maximum atomic E-state index is 12.0. The van der Waals surface area contributed by atoms with Gasteiger partial charge in [-0.3, -0.25) is 4.79 Å². The van der Waals surface area contributed by atoms with Crippen LogP contribution < -0.4 is 0 Å². The van der Waals surface area contributed by atoms with E-state index in [4.69, 9.17) is 0 Å². The Balaban J connectivity index is 2.82. The molecule has 14 heavy (non-hydrogen) atoms. The zero-order chi connectivity index (χ0) is 10.6. The summed E-state index contributed by atoms with van der Waals surface area (Å²) in [6.45, 7) is 9.69. The standard InChI is InChI=1S/C13H20O/c1-4-8-13(10-11(2)3)9-6-5-7-12(13)14/h4H,1-2,5-10H2,3H3/t13-/m1/s1. The van der Waals surface area contributed by atoms with Gasteiger partial charge in [0, 0.05) is 11.8 Å². The third-order valence-corrected chi connectivity index (χ3v) is 3.08. The molecule has 0 radical (unpaired) electrons. The molecule has 0 unspecified atom stereocenters. The Kier molecular flexibility index (Phi) is 3.68. The molecule has 0 N–H and O–H groups in total. The number of Topliss-reactive ketones (excluding diaryl/α,β-unsaturated/α-hetero) is 1. The third-order valence-electron chi connectivity index (χ3n) is 3.08. The van der Waals surface area contributed by atoms with Crippen LogP contribution in [0.5, 0.6) is 0 Å². The summed E-state index contributed by atoms with van der Waals surface area (Å²) >= 11 is 0. The van der Waals surface area contributed by atoms with E-state index in [-0.39, 0.29) is 5.41 Å². The van der Waals surface area contributed by atoms with Crippen molar-refractivity contribution in [3.8, 4) is 0 Å². The van der Waals surface area contributed by atoms with Gasteiger partial charge in [0.25, 0.3) is 0 Å². The molecule has 78 valence electrons. The van der Waals surface area contributed by atoms with Gasteiger partial charge in [-0.1, -0.05) is 18.1 Å². The van der Waals surface area contributed by atoms with E-state index in [0.29, 0.717) is 5.78 Å². The van der Waals surface area contributed by atoms with E-state index in [9.17, 15) is 4.79 Å². The maximum absolute atomic E-state index is 12.0. The molecule has 1 saturated carbocycles. The van der Waals surface area contributed by atoms with Crippen molar-refractivity contribution in [2.45, 2.75) is 45.4 Å². The summed E-state index contributed by atoms with van der Waals surface area (Å²) in [5, 5.41) is 0. The number of allylic oxidation sites excluding steroid dienone is 2. The molecular formula is C13H20O. The Morgan fingerprint density at radius 3 is 2.79 bits per heavy atom. The summed E-state index contributed by atoms with van der Waals surface area (Å²) in [6.07, 6.45) is 7.55. The summed E-state index contributed by atoms with van der Waals surface area (Å²) in [7, 11) is 0. The first kappa shape index (κ1) is 11.2. The van der Waals surface area contributed by atoms with E-state index >= 15 is 0 Å². The summed E-state index contributed by atoms with van der Waals surface area (Å²) in [5.41, 5.74) is 0.966. The predicted molar refractivity (Wildman–Crippen MR) is 60.2 cm³/mol. The Bertz CT molecular complexity index is 252. The molecule has 1 aliphatic carbocycles. The van der Waals surface area contributed by atoms with Crippen LogP contribution in [0.4, 0.5) is 0 Å². The minimum atomic E-state index is -0.147. The lowest BCUT2D eigenvalue weighted by atomic mass is 9.67. The van der Waals surface area contributed by atoms with Crippen LogP contribution in [-0.4, -0.2) is 5.78 Å². The molecule has 1 heteroatoms. The Morgan fingerprint density at radius 1 is 1.57 bits per heavy atom. The van der Waals surface area contributed by atoms with E-state index in [0.717, 1.165) is 37.7 Å². The maximum Gasteiger partial charge on any atom is 0.139 e. The molecule has 0 amide bonds. The van der Waals surface area contributed by atoms with Crippen LogP contribution in [0, 0.1) is 5.41 Å². The van der Waals surface area contributed by atoms with Crippen molar-refractivity contribution in [1.29, 1.82) is 0 Å². The van der Waals surface area contributed by atoms with Gasteiger partial charge >= 0.3 is 0 Å². The van der Waals surface area contributed by atoms with Gasteiger partial charge in [0.2, 0.25) is 0 Å². The van der Waals surface area contributed by atoms with E-state index in [1.54, 1.807) is 0 Å². The van der Waals surface area contributed by atoms with Gasteiger partial charge in [-0.15, -0.1) is 13.2 Å². The Labute approximate surface area is 86.9 Å². The van der Waals surface area contributed by atoms with Gasteiger partial charge in [0.05, 0.1) is 0 Å². The van der Waals surface area contributed by atoms with Crippen LogP contribution in [0.1, 0.15) is 45.4 Å². The molecule has 0 aromatic heterocycles. The monoisotopic (exact) mass is 192 g/mol. The van der Waals surface area contributed by atoms with Gasteiger partial charge in [-0.2, -0.15) is 0 Å². The summed E-state index contributed by atoms with van der Waals surface area (Å²) in [6, 6.07) is 0. The van der Waals surface area contributed by atoms with E-state index < -0.39 is 0 Å². The highest BCUT2D eigenvalue weighted by Gasteiger charge is 2.38. The average molecular weight is 192 g/mol. The van der Waals surface area contributed by atoms with Crippen molar-refractivity contribution in [1.82, 2.24) is 0 Å². The van der Waals surface area contributed by atoms with Gasteiger partial charge < -0.3 is 0 Å². The van der Waals surface area contributed by atoms with Crippen molar-refractivity contribution in [2.24, 2.45) is 5.41 Å². The Morgan fingerprint density at radius 2 is 2.29 bits per heavy atom. The van der Waals surface area contributed by atoms with Crippen molar-refractivity contribution in [3.63, 3.8) is 0 Å². The van der Waals surface area contributed by atoms with Crippen LogP contribution in [0.25, 0.3) is 0 Å². The highest BCUT2D eigenvalue weighted by atomic mass is 16.1. The van der Waals surface area contributed by atoms with Crippen molar-refractivity contribution >= 4 is 5.78 Å². The molecule has 0 heterocycles. The Hall–Kier alpha value is -0.850. The highest BCUT2D eigenvalue weighted by molar-refractivity contribution is 5.86. The zero-order valence-corrected chi connectivity index (χ0v) is 9.14. The lowest BCUT2D eigenvalue weighted by molar-refractivity contribution is -0.131. The topological polar surface area (TPSA) is 17.1 Å². The lowest BCUT2D eigenvalue weighted by Gasteiger charge is -2.35. The number of hydrogen-bond acceptors (Lipinski definition) is 1. The number of carbonyl (C=O) groups excluding carboxylic acids is 1. The van der Waals surface area contributed by atoms with Crippen LogP contribution in [-0.2, 0) is 4.79 Å². The number of rotatable bonds is 4. The molecule has 0 bridgehead atoms. The highest BCUT2D eigenvalue weighted by Crippen LogP contribution is 2.41. The third kappa shape index (κ3) is 2.34. The van der Waals surface area contributed by atoms with Crippen LogP contribution in [0.2, 0.25) is 0 Å². The lowest BCUT2D eigenvalue weighted by Crippen LogP contribution is -2.34. The van der Waals surface area contributed by atoms with Gasteiger partial charge in [0.15, 0.2) is 0 Å². The second kappa shape index (κ2) is 4.59. The number of ketones is 1. The molecule has 0 aromatic rings. The minimum absolute atomic E-state index is 0.147. The smallest absolute Gasteiger partial charge is 0.139 e. The fourth-order valence-electron chi connectivity index (χ4n) is 2.48. The summed E-state index contributed by atoms with van der Waals surface area (Å²) in [4.78, 5) is 12.0. The zero-order valence-electron chi connectivity index (χ0n) is 9.14. The molecule has 0 saturated heterocycles. The molecule has 0 aromatic carbocycles. The summed E-state index contributed by atoms with van der Waals surface area (Å²) in [5.74, 6) is 0.423. The van der Waals surface area contributed by atoms with Gasteiger partial charge in [0.1, 0.15) is 5.78 Å². The SMILES string of the molecule is C=CC[C@]1(CC(=C)C)CCCCC1=O. The second-order valence-electron chi connectivity index (χ2n) is 4.54. The number of carbonyl (C=O) groups is 1. The molecule has 1 fully saturated rings. The summed E-state index contributed by atoms with van der Waals surface area (Å²) < 4.78 is 0. The van der Waals surface area contributed by atoms with Crippen LogP contribution in [0.15, 0.2) is 24.8 Å². The largest absolute Gasteiger partial charge is 0.299 e. The average Bonchev–Trinajstić information content (AvgIpc) is 2.09. The second-order valence-corrected chi connectivity index (χ2v) is 4.54. The van der Waals surface area contributed by atoms with Crippen molar-refractivity contribution in [3.05, 3.63) is 24.8 Å². The van der Waals surface area contributed by atoms with Crippen LogP contribution in [0.3, 0.4) is 0 Å². The van der Waals surface area contributed by atoms with Gasteiger partial charge in [-0.25, -0.2) is 0 Å². The predicted octanol–water partition coefficient (Wildman–Crippen LogP) is 3.66. The van der Waals surface area contributed by atoms with E-state index in [1.165, 1.54) is 6.42 Å². The molecule has 0 spiro atoms. The first-order chi connectivity index (χ1) is 6.60. The van der Waals surface area contributed by atoms with Crippen molar-refractivity contribution in [2.75, 3.05) is 0 Å². The van der Waals surface area contributed by atoms with Gasteiger partial charge in [-0.05, 0) is 32.6 Å². The normalized spacial score (nSPS) is 27.4. The fourth-order valence-corrected chi connectivity index (χ4v) is 2.48. The quantitative estimate of drug-likeness (QED) is 0.621. The van der Waals surface area contributed by atoms with Crippen molar-refractivity contribution < 1.29 is 4.79 Å². The first-order valence-corrected chi connectivity index (χ1v) is 5.39. The molecular weight excluding hydrogens is 172 g/mol. The molecule has 1 nitrogen and oxygen atoms in total. The van der Waals surface area contributed by atoms with E-state index in [2.05, 4.69) is 13.2 Å². The fraction of sp³-hybridized carbons (Fsp3) is 0.615.